The number of nitrogens with zero attached hydrogens (tertiary/aromatic N) is 7. The van der Waals surface area contributed by atoms with Crippen LogP contribution in [0.3, 0.4) is 0 Å². The first-order valence-electron chi connectivity index (χ1n) is 34.5. The third kappa shape index (κ3) is 15.8. The molecule has 3 aromatic heterocycles. The average molecular weight is 1530 g/mol. The van der Waals surface area contributed by atoms with E-state index in [9.17, 15) is 76.2 Å². The number of carboxylic acid groups (broad SMARTS) is 1. The van der Waals surface area contributed by atoms with E-state index in [1.165, 1.54) is 37.7 Å². The highest BCUT2D eigenvalue weighted by Crippen LogP contribution is 2.55. The van der Waals surface area contributed by atoms with Crippen molar-refractivity contribution in [3.05, 3.63) is 171 Å². The molecule has 4 aliphatic rings. The van der Waals surface area contributed by atoms with E-state index in [1.54, 1.807) is 85.2 Å². The van der Waals surface area contributed by atoms with Gasteiger partial charge in [-0.1, -0.05) is 44.6 Å². The first-order chi connectivity index (χ1) is 49.9. The molecule has 8 N–H and O–H groups in total. The summed E-state index contributed by atoms with van der Waals surface area (Å²) in [5, 5.41) is 34.7. The molecule has 0 spiro atoms. The number of likely N-dealkylation sites (N-methyl/N-ethyl adjacent to an activating group) is 2. The van der Waals surface area contributed by atoms with E-state index in [1.807, 2.05) is 25.7 Å². The lowest BCUT2D eigenvalue weighted by Crippen LogP contribution is -2.53. The third-order valence-electron chi connectivity index (χ3n) is 20.4. The topological polar surface area (TPSA) is 423 Å². The number of methoxy groups -OCH3 is 1. The lowest BCUT2D eigenvalue weighted by atomic mass is 9.78. The molecule has 1 fully saturated rings. The molecule has 29 nitrogen and oxygen atoms in total. The van der Waals surface area contributed by atoms with Gasteiger partial charge in [-0.2, -0.15) is 33.7 Å². The van der Waals surface area contributed by atoms with Gasteiger partial charge in [-0.05, 0) is 166 Å². The number of fused-ring (bicyclic) bond motifs is 7. The Bertz CT molecular complexity index is 5270. The molecular weight excluding hydrogens is 1450 g/mol. The molecule has 4 aliphatic heterocycles. The molecular formula is C73H84N10O19S4. The molecule has 0 bridgehead atoms. The van der Waals surface area contributed by atoms with Gasteiger partial charge in [-0.3, -0.25) is 37.6 Å². The summed E-state index contributed by atoms with van der Waals surface area (Å²) < 4.78 is 147. The van der Waals surface area contributed by atoms with Crippen molar-refractivity contribution >= 4 is 109 Å². The Morgan fingerprint density at radius 1 is 0.783 bits per heavy atom. The molecule has 106 heavy (non-hydrogen) atoms. The predicted octanol–water partition coefficient (Wildman–Crippen LogP) is 9.85. The summed E-state index contributed by atoms with van der Waals surface area (Å²) in [6.07, 6.45) is 14.1. The zero-order valence-corrected chi connectivity index (χ0v) is 62.6. The fourth-order valence-electron chi connectivity index (χ4n) is 15.2. The molecule has 4 amide bonds. The van der Waals surface area contributed by atoms with E-state index >= 15 is 5.21 Å². The minimum atomic E-state index is -5.10. The van der Waals surface area contributed by atoms with Crippen LogP contribution >= 0.6 is 0 Å². The number of quaternary nitrogens is 1. The molecule has 11 rings (SSSR count). The van der Waals surface area contributed by atoms with Crippen LogP contribution in [0.4, 0.5) is 22.0 Å². The number of allylic oxidation sites excluding steroid dienone is 5. The number of hydroxylamine groups is 2. The molecule has 7 heterocycles. The smallest absolute Gasteiger partial charge is 0.320 e. The standard InChI is InChI=1S/C73H84N10O19S4/c1-8-81-57-25-22-51-53(36-49(103(90,91)92)38-60(51)105(96,97)98)67(57)72(3,4)62(81)27-19-44(20-28-63-73(5,6)68-54-37-50(104(93,94)95)39-61(106(99,100)101)52(54)23-26-59(68)83(63,89)9-2)55-24-18-47(42-76-55)70(87)75-30-12-10-11-17-64(84)77-43-48-35-45-15-13-31-74-69(45)79-56(48)16-14-32-80-33-34-82(71(80)88)58(40-66(85)86)46-21-29-65(102-7)78-41-46/h18-29,35-39,41-42,58,63H,8-17,30-34,40,43H2,1-7H3,(H,74,79)(H,75,87)(H,77,84)(H,85,86)(H,90,91,92)(H,93,94,95)(H,96,97,98)(H,99,100,101)/b28-20+,44-19-,62-27+/t58-,63?,83?/m0/s1. The normalized spacial score (nSPS) is 18.7. The van der Waals surface area contributed by atoms with Crippen LogP contribution in [0.25, 0.3) is 27.1 Å². The van der Waals surface area contributed by atoms with Crippen molar-refractivity contribution < 1.29 is 80.9 Å². The number of aromatic nitrogens is 3. The van der Waals surface area contributed by atoms with Crippen molar-refractivity contribution in [3.8, 4) is 5.88 Å². The fraction of sp³-hybridized carbons (Fsp3) is 0.384. The molecule has 0 saturated carbocycles. The number of aliphatic carboxylic acids is 1. The van der Waals surface area contributed by atoms with Gasteiger partial charge in [0, 0.05) is 121 Å². The number of nitrogens with one attached hydrogen (secondary N) is 3. The van der Waals surface area contributed by atoms with Crippen LogP contribution in [0.5, 0.6) is 5.88 Å². The maximum atomic E-state index is 15.6. The van der Waals surface area contributed by atoms with Gasteiger partial charge in [-0.25, -0.2) is 14.8 Å². The van der Waals surface area contributed by atoms with Gasteiger partial charge in [0.05, 0.1) is 52.6 Å². The number of aryl methyl sites for hydroxylation is 2. The summed E-state index contributed by atoms with van der Waals surface area (Å²) in [6, 6.07) is 15.8. The van der Waals surface area contributed by atoms with Gasteiger partial charge < -0.3 is 50.3 Å². The number of ether oxygens (including phenoxy) is 1. The maximum absolute atomic E-state index is 15.6. The fourth-order valence-corrected chi connectivity index (χ4v) is 17.9. The number of urea groups is 1. The van der Waals surface area contributed by atoms with E-state index in [2.05, 4.69) is 27.0 Å². The van der Waals surface area contributed by atoms with Gasteiger partial charge >= 0.3 is 12.0 Å². The highest BCUT2D eigenvalue weighted by molar-refractivity contribution is 7.87. The lowest BCUT2D eigenvalue weighted by molar-refractivity contribution is -0.138. The Balaban J connectivity index is 0.788. The first kappa shape index (κ1) is 77.8. The SMILES string of the molecule is CCN1/C(=C/C=C(/C=C/C2C(C)(C)c3c(ccc4c(S(=O)(=O)O)cc(S(=O)(=O)O)cc34)[N+]2([O-])CC)c2ccc(C(=O)NCCCCCC(=O)NCc3cc4c(nc3CCCN3CCN([C@@H](CC(=O)O)c5ccc(OC)nc5)C3=O)NCCC4)cn2)C(C)(C)c2c1ccc1c(S(=O)(=O)O)cc(S(=O)(=O)O)cc21. The summed E-state index contributed by atoms with van der Waals surface area (Å²) in [6.45, 7) is 13.2. The quantitative estimate of drug-likeness (QED) is 0.00743. The van der Waals surface area contributed by atoms with Crippen molar-refractivity contribution in [1.29, 1.82) is 0 Å². The zero-order chi connectivity index (χ0) is 76.8. The number of carbonyl (C=O) groups is 4. The third-order valence-corrected chi connectivity index (χ3v) is 23.9. The zero-order valence-electron chi connectivity index (χ0n) is 59.4. The monoisotopic (exact) mass is 1530 g/mol. The van der Waals surface area contributed by atoms with Crippen LogP contribution in [0.1, 0.15) is 142 Å². The molecule has 4 aromatic carbocycles. The molecule has 1 saturated heterocycles. The van der Waals surface area contributed by atoms with Crippen LogP contribution in [0.15, 0.2) is 141 Å². The number of carbonyl (C=O) groups excluding carboxylic acids is 3. The van der Waals surface area contributed by atoms with Crippen LogP contribution < -0.4 is 30.2 Å². The molecule has 2 unspecified atom stereocenters. The van der Waals surface area contributed by atoms with Crippen molar-refractivity contribution in [1.82, 2.24) is 40.0 Å². The van der Waals surface area contributed by atoms with Crippen LogP contribution in [0, 0.1) is 5.21 Å². The van der Waals surface area contributed by atoms with E-state index < -0.39 is 99.5 Å². The Labute approximate surface area is 614 Å². The van der Waals surface area contributed by atoms with Gasteiger partial charge in [0.1, 0.15) is 27.3 Å². The summed E-state index contributed by atoms with van der Waals surface area (Å²) in [5.74, 6) is -0.495. The number of amides is 4. The van der Waals surface area contributed by atoms with Gasteiger partial charge in [0.2, 0.25) is 11.8 Å². The molecule has 0 aliphatic carbocycles. The molecule has 7 aromatic rings. The Morgan fingerprint density at radius 2 is 1.46 bits per heavy atom. The first-order valence-corrected chi connectivity index (χ1v) is 40.3. The largest absolute Gasteiger partial charge is 0.627 e. The van der Waals surface area contributed by atoms with Crippen molar-refractivity contribution in [2.75, 3.05) is 63.1 Å². The Kier molecular flexibility index (Phi) is 22.1. The molecule has 3 atom stereocenters. The van der Waals surface area contributed by atoms with Crippen molar-refractivity contribution in [2.45, 2.75) is 148 Å². The number of hydrogen-bond acceptors (Lipinski definition) is 19. The van der Waals surface area contributed by atoms with Crippen LogP contribution in [-0.4, -0.2) is 165 Å². The number of anilines is 2. The average Bonchev–Trinajstić information content (AvgIpc) is 1.53. The van der Waals surface area contributed by atoms with Crippen molar-refractivity contribution in [2.24, 2.45) is 0 Å². The van der Waals surface area contributed by atoms with Crippen LogP contribution in [0.2, 0.25) is 0 Å². The van der Waals surface area contributed by atoms with Gasteiger partial charge in [-0.15, -0.1) is 0 Å². The van der Waals surface area contributed by atoms with Crippen LogP contribution in [-0.2, 0) is 80.3 Å². The maximum Gasteiger partial charge on any atom is 0.320 e. The summed E-state index contributed by atoms with van der Waals surface area (Å²) in [5.41, 5.74) is 3.82. The molecule has 33 heteroatoms. The second-order valence-corrected chi connectivity index (χ2v) is 33.4. The number of hydrogen-bond donors (Lipinski definition) is 8. The Morgan fingerprint density at radius 3 is 2.07 bits per heavy atom. The summed E-state index contributed by atoms with van der Waals surface area (Å²) >= 11 is 0. The van der Waals surface area contributed by atoms with E-state index in [0.717, 1.165) is 54.2 Å². The highest BCUT2D eigenvalue weighted by atomic mass is 32.2. The number of unbranched alkanes of at least 4 members (excludes halogenated alkanes) is 2. The number of benzene rings is 4. The highest BCUT2D eigenvalue weighted by Gasteiger charge is 2.53. The number of rotatable bonds is 28. The van der Waals surface area contributed by atoms with Gasteiger partial charge in [0.25, 0.3) is 46.4 Å². The second-order valence-electron chi connectivity index (χ2n) is 27.8. The summed E-state index contributed by atoms with van der Waals surface area (Å²) in [4.78, 5) is 68.8. The lowest BCUT2D eigenvalue weighted by Gasteiger charge is -2.45. The minimum Gasteiger partial charge on any atom is -0.627 e. The van der Waals surface area contributed by atoms with E-state index in [-0.39, 0.29) is 82.8 Å². The molecule has 564 valence electrons. The predicted molar refractivity (Wildman–Crippen MR) is 397 cm³/mol. The number of pyridine rings is 3. The summed E-state index contributed by atoms with van der Waals surface area (Å²) in [7, 11) is -18.8. The number of carboxylic acids is 1. The minimum absolute atomic E-state index is 0.0155. The van der Waals surface area contributed by atoms with Gasteiger partial charge in [0.15, 0.2) is 0 Å². The van der Waals surface area contributed by atoms with Crippen molar-refractivity contribution in [3.63, 3.8) is 0 Å². The van der Waals surface area contributed by atoms with E-state index in [0.29, 0.717) is 110 Å². The second kappa shape index (κ2) is 30.2. The van der Waals surface area contributed by atoms with E-state index in [4.69, 9.17) is 14.7 Å². The molecule has 0 radical (unpaired) electrons. The Hall–Kier alpha value is -9.29.